The Morgan fingerprint density at radius 1 is 1.30 bits per heavy atom. The van der Waals surface area contributed by atoms with Gasteiger partial charge in [-0.25, -0.2) is 8.42 Å². The van der Waals surface area contributed by atoms with Crippen LogP contribution in [0.3, 0.4) is 0 Å². The second kappa shape index (κ2) is 1.54. The fraction of sp³-hybridized carbons (Fsp3) is 0. The molecule has 1 aliphatic heterocycles. The van der Waals surface area contributed by atoms with E-state index in [1.54, 1.807) is 18.2 Å². The molecule has 0 amide bonds. The van der Waals surface area contributed by atoms with Crippen molar-refractivity contribution in [3.05, 3.63) is 23.2 Å². The third kappa shape index (κ3) is 0.566. The van der Waals surface area contributed by atoms with Crippen molar-refractivity contribution < 1.29 is 8.42 Å². The molecule has 1 aliphatic rings. The molecular formula is C6H3ClO2S. The van der Waals surface area contributed by atoms with Gasteiger partial charge in [0.05, 0.1) is 9.92 Å². The van der Waals surface area contributed by atoms with E-state index < -0.39 is 9.84 Å². The minimum atomic E-state index is -3.04. The van der Waals surface area contributed by atoms with E-state index in [1.165, 1.54) is 0 Å². The summed E-state index contributed by atoms with van der Waals surface area (Å²) >= 11 is 5.57. The molecule has 1 aromatic rings. The Hall–Kier alpha value is -0.540. The molecule has 0 atom stereocenters. The van der Waals surface area contributed by atoms with Gasteiger partial charge in [-0.05, 0) is 12.1 Å². The highest BCUT2D eigenvalue weighted by Crippen LogP contribution is 2.44. The third-order valence-electron chi connectivity index (χ3n) is 1.45. The summed E-state index contributed by atoms with van der Waals surface area (Å²) in [6.45, 7) is 0. The van der Waals surface area contributed by atoms with Gasteiger partial charge >= 0.3 is 0 Å². The quantitative estimate of drug-likeness (QED) is 0.567. The Morgan fingerprint density at radius 3 is 2.50 bits per heavy atom. The fourth-order valence-corrected chi connectivity index (χ4v) is 2.83. The van der Waals surface area contributed by atoms with E-state index >= 15 is 0 Å². The SMILES string of the molecule is O=S1(=O)c2cccc(Cl)c21. The molecule has 0 radical (unpaired) electrons. The van der Waals surface area contributed by atoms with Crippen LogP contribution in [-0.4, -0.2) is 8.42 Å². The minimum absolute atomic E-state index is 0.302. The molecule has 4 heteroatoms. The molecular weight excluding hydrogens is 172 g/mol. The van der Waals surface area contributed by atoms with E-state index in [4.69, 9.17) is 11.6 Å². The number of benzene rings is 1. The van der Waals surface area contributed by atoms with E-state index in [9.17, 15) is 8.42 Å². The molecule has 2 rings (SSSR count). The van der Waals surface area contributed by atoms with Gasteiger partial charge in [0.1, 0.15) is 4.90 Å². The number of sulfone groups is 1. The minimum Gasteiger partial charge on any atom is -0.218 e. The average molecular weight is 175 g/mol. The monoisotopic (exact) mass is 174 g/mol. The van der Waals surface area contributed by atoms with Crippen molar-refractivity contribution in [2.45, 2.75) is 9.79 Å². The van der Waals surface area contributed by atoms with Gasteiger partial charge in [-0.2, -0.15) is 0 Å². The first-order chi connectivity index (χ1) is 4.64. The van der Waals surface area contributed by atoms with Crippen molar-refractivity contribution in [1.29, 1.82) is 0 Å². The van der Waals surface area contributed by atoms with Gasteiger partial charge in [0.25, 0.3) is 0 Å². The topological polar surface area (TPSA) is 34.1 Å². The smallest absolute Gasteiger partial charge is 0.210 e. The van der Waals surface area contributed by atoms with E-state index in [0.29, 0.717) is 14.8 Å². The largest absolute Gasteiger partial charge is 0.218 e. The zero-order valence-electron chi connectivity index (χ0n) is 4.83. The Balaban J connectivity index is 2.86. The molecule has 0 N–H and O–H groups in total. The number of halogens is 1. The van der Waals surface area contributed by atoms with Crippen LogP contribution in [0, 0.1) is 0 Å². The van der Waals surface area contributed by atoms with Gasteiger partial charge in [-0.15, -0.1) is 0 Å². The average Bonchev–Trinajstić information content (AvgIpc) is 2.38. The Labute approximate surface area is 63.4 Å². The highest BCUT2D eigenvalue weighted by Gasteiger charge is 2.41. The van der Waals surface area contributed by atoms with Gasteiger partial charge in [0.15, 0.2) is 0 Å². The highest BCUT2D eigenvalue weighted by atomic mass is 35.5. The molecule has 1 aromatic carbocycles. The molecule has 2 nitrogen and oxygen atoms in total. The van der Waals surface area contributed by atoms with Crippen LogP contribution in [0.2, 0.25) is 5.02 Å². The summed E-state index contributed by atoms with van der Waals surface area (Å²) in [5.41, 5.74) is 0. The Morgan fingerprint density at radius 2 is 2.00 bits per heavy atom. The van der Waals surface area contributed by atoms with Crippen LogP contribution in [0.1, 0.15) is 0 Å². The molecule has 52 valence electrons. The van der Waals surface area contributed by atoms with Crippen LogP contribution >= 0.6 is 11.6 Å². The normalized spacial score (nSPS) is 18.1. The number of rotatable bonds is 0. The maximum Gasteiger partial charge on any atom is 0.210 e. The molecule has 0 spiro atoms. The summed E-state index contributed by atoms with van der Waals surface area (Å²) in [6.07, 6.45) is 0. The van der Waals surface area contributed by atoms with Gasteiger partial charge in [-0.3, -0.25) is 0 Å². The second-order valence-corrected chi connectivity index (χ2v) is 4.33. The number of hydrogen-bond donors (Lipinski definition) is 0. The molecule has 0 bridgehead atoms. The van der Waals surface area contributed by atoms with Gasteiger partial charge in [0, 0.05) is 0 Å². The first-order valence-corrected chi connectivity index (χ1v) is 4.54. The van der Waals surface area contributed by atoms with Crippen LogP contribution in [0.5, 0.6) is 0 Å². The van der Waals surface area contributed by atoms with Crippen molar-refractivity contribution in [2.24, 2.45) is 0 Å². The Bertz CT molecular complexity index is 394. The first kappa shape index (κ1) is 6.19. The van der Waals surface area contributed by atoms with Crippen LogP contribution in [0.15, 0.2) is 28.0 Å². The molecule has 0 fully saturated rings. The van der Waals surface area contributed by atoms with Crippen LogP contribution in [-0.2, 0) is 9.84 Å². The van der Waals surface area contributed by atoms with Crippen molar-refractivity contribution in [1.82, 2.24) is 0 Å². The van der Waals surface area contributed by atoms with E-state index in [-0.39, 0.29) is 0 Å². The van der Waals surface area contributed by atoms with E-state index in [0.717, 1.165) is 0 Å². The molecule has 10 heavy (non-hydrogen) atoms. The molecule has 0 saturated heterocycles. The van der Waals surface area contributed by atoms with E-state index in [2.05, 4.69) is 0 Å². The lowest BCUT2D eigenvalue weighted by Gasteiger charge is -1.76. The zero-order valence-corrected chi connectivity index (χ0v) is 6.41. The van der Waals surface area contributed by atoms with Gasteiger partial charge in [0.2, 0.25) is 9.84 Å². The second-order valence-electron chi connectivity index (χ2n) is 2.07. The van der Waals surface area contributed by atoms with Gasteiger partial charge in [-0.1, -0.05) is 17.7 Å². The molecule has 0 saturated carbocycles. The maximum atomic E-state index is 10.9. The van der Waals surface area contributed by atoms with Crippen LogP contribution < -0.4 is 0 Å². The summed E-state index contributed by atoms with van der Waals surface area (Å²) in [6, 6.07) is 4.76. The van der Waals surface area contributed by atoms with Crippen LogP contribution in [0.4, 0.5) is 0 Å². The zero-order chi connectivity index (χ0) is 7.35. The summed E-state index contributed by atoms with van der Waals surface area (Å²) < 4.78 is 21.7. The lowest BCUT2D eigenvalue weighted by atomic mass is 10.4. The van der Waals surface area contributed by atoms with Crippen LogP contribution in [0.25, 0.3) is 0 Å². The van der Waals surface area contributed by atoms with E-state index in [1.807, 2.05) is 0 Å². The lowest BCUT2D eigenvalue weighted by Crippen LogP contribution is -1.67. The molecule has 0 unspecified atom stereocenters. The lowest BCUT2D eigenvalue weighted by molar-refractivity contribution is 0.612. The summed E-state index contributed by atoms with van der Waals surface area (Å²) in [7, 11) is -3.04. The summed E-state index contributed by atoms with van der Waals surface area (Å²) in [5, 5.41) is 0.331. The predicted molar refractivity (Wildman–Crippen MR) is 36.9 cm³/mol. The van der Waals surface area contributed by atoms with Crippen molar-refractivity contribution in [3.63, 3.8) is 0 Å². The molecule has 0 aromatic heterocycles. The molecule has 0 aliphatic carbocycles. The molecule has 1 heterocycles. The highest BCUT2D eigenvalue weighted by molar-refractivity contribution is 7.97. The third-order valence-corrected chi connectivity index (χ3v) is 3.57. The predicted octanol–water partition coefficient (Wildman–Crippen LogP) is 1.49. The van der Waals surface area contributed by atoms with Crippen molar-refractivity contribution in [3.8, 4) is 0 Å². The maximum absolute atomic E-state index is 10.9. The van der Waals surface area contributed by atoms with Gasteiger partial charge < -0.3 is 0 Å². The van der Waals surface area contributed by atoms with Crippen molar-refractivity contribution in [2.75, 3.05) is 0 Å². The summed E-state index contributed by atoms with van der Waals surface area (Å²) in [4.78, 5) is 0.677. The Kier molecular flexibility index (Phi) is 0.956. The standard InChI is InChI=1S/C6H3ClO2S/c7-4-2-1-3-5-6(4)10(5,8)9/h1-3H. The van der Waals surface area contributed by atoms with Crippen molar-refractivity contribution >= 4 is 21.4 Å². The number of fused-ring (bicyclic) bond motifs is 1. The fourth-order valence-electron chi connectivity index (χ4n) is 0.915. The summed E-state index contributed by atoms with van der Waals surface area (Å²) in [5.74, 6) is 0. The number of hydrogen-bond acceptors (Lipinski definition) is 2. The first-order valence-electron chi connectivity index (χ1n) is 2.67.